The fourth-order valence-corrected chi connectivity index (χ4v) is 5.33. The Bertz CT molecular complexity index is 2000. The minimum absolute atomic E-state index is 0.0187. The van der Waals surface area contributed by atoms with Crippen LogP contribution in [0.1, 0.15) is 34.1 Å². The van der Waals surface area contributed by atoms with E-state index in [1.165, 1.54) is 29.8 Å². The molecule has 2 heterocycles. The summed E-state index contributed by atoms with van der Waals surface area (Å²) in [7, 11) is 0. The summed E-state index contributed by atoms with van der Waals surface area (Å²) in [6, 6.07) is 24.0. The molecule has 1 aliphatic carbocycles. The molecule has 0 saturated heterocycles. The van der Waals surface area contributed by atoms with Crippen LogP contribution in [-0.4, -0.2) is 44.9 Å². The number of H-pyrrole nitrogens is 1. The van der Waals surface area contributed by atoms with Crippen molar-refractivity contribution in [3.63, 3.8) is 0 Å². The lowest BCUT2D eigenvalue weighted by Gasteiger charge is -2.18. The number of para-hydroxylation sites is 1. The molecular weight excluding hydrogens is 613 g/mol. The van der Waals surface area contributed by atoms with E-state index in [4.69, 9.17) is 15.2 Å². The lowest BCUT2D eigenvalue weighted by atomic mass is 9.93. The van der Waals surface area contributed by atoms with Crippen molar-refractivity contribution in [1.29, 1.82) is 0 Å². The van der Waals surface area contributed by atoms with Crippen LogP contribution >= 0.6 is 0 Å². The molecule has 1 aliphatic rings. The molecule has 0 fully saturated rings. The molecule has 0 saturated carbocycles. The first-order chi connectivity index (χ1) is 22.5. The van der Waals surface area contributed by atoms with Gasteiger partial charge >= 0.3 is 12.1 Å². The molecule has 9 nitrogen and oxygen atoms in total. The van der Waals surface area contributed by atoms with Crippen LogP contribution in [0.15, 0.2) is 97.1 Å². The van der Waals surface area contributed by atoms with Crippen LogP contribution in [0.5, 0.6) is 5.88 Å². The number of nitrogens with one attached hydrogen (secondary N) is 1. The summed E-state index contributed by atoms with van der Waals surface area (Å²) in [5.41, 5.74) is 8.72. The van der Waals surface area contributed by atoms with E-state index in [1.54, 1.807) is 30.3 Å². The van der Waals surface area contributed by atoms with Gasteiger partial charge < -0.3 is 20.2 Å². The van der Waals surface area contributed by atoms with E-state index in [9.17, 15) is 27.6 Å². The van der Waals surface area contributed by atoms with Crippen LogP contribution in [0, 0.1) is 0 Å². The zero-order valence-electron chi connectivity index (χ0n) is 24.9. The second-order valence-corrected chi connectivity index (χ2v) is 10.7. The van der Waals surface area contributed by atoms with Gasteiger partial charge in [0.15, 0.2) is 6.10 Å². The zero-order chi connectivity index (χ0) is 33.3. The molecule has 5 aromatic rings. The summed E-state index contributed by atoms with van der Waals surface area (Å²) in [6.07, 6.45) is -4.44. The number of nitrogens with two attached hydrogens (primary N) is 1. The van der Waals surface area contributed by atoms with Gasteiger partial charge in [-0.05, 0) is 55.3 Å². The number of carbonyl (C=O) groups is 3. The molecule has 0 radical (unpaired) electrons. The predicted octanol–water partition coefficient (Wildman–Crippen LogP) is 6.17. The van der Waals surface area contributed by atoms with Gasteiger partial charge in [-0.25, -0.2) is 9.48 Å². The van der Waals surface area contributed by atoms with Crippen molar-refractivity contribution in [3.8, 4) is 34.1 Å². The van der Waals surface area contributed by atoms with Crippen molar-refractivity contribution < 1.29 is 37.0 Å². The lowest BCUT2D eigenvalue weighted by Crippen LogP contribution is -2.28. The third-order valence-electron chi connectivity index (χ3n) is 7.56. The largest absolute Gasteiger partial charge is 0.477 e. The van der Waals surface area contributed by atoms with E-state index in [0.29, 0.717) is 34.6 Å². The number of nitrogens with zero attached hydrogens (tertiary/aromatic N) is 2. The van der Waals surface area contributed by atoms with Crippen LogP contribution in [0.3, 0.4) is 0 Å². The smallest absolute Gasteiger partial charge is 0.416 e. The molecule has 0 bridgehead atoms. The Labute approximate surface area is 266 Å². The third kappa shape index (κ3) is 6.23. The maximum absolute atomic E-state index is 13.3. The minimum atomic E-state index is -4.50. The summed E-state index contributed by atoms with van der Waals surface area (Å²) >= 11 is 0. The molecule has 1 unspecified atom stereocenters. The summed E-state index contributed by atoms with van der Waals surface area (Å²) in [5, 5.41) is 4.39. The van der Waals surface area contributed by atoms with Gasteiger partial charge in [-0.2, -0.15) is 13.2 Å². The van der Waals surface area contributed by atoms with Crippen molar-refractivity contribution in [2.24, 2.45) is 5.73 Å². The van der Waals surface area contributed by atoms with Gasteiger partial charge in [0.25, 0.3) is 0 Å². The number of alkyl halides is 3. The quantitative estimate of drug-likeness (QED) is 0.146. The van der Waals surface area contributed by atoms with Crippen LogP contribution in [0.4, 0.5) is 13.2 Å². The number of halogens is 3. The summed E-state index contributed by atoms with van der Waals surface area (Å²) < 4.78 is 52.5. The first-order valence-electron chi connectivity index (χ1n) is 14.6. The van der Waals surface area contributed by atoms with Gasteiger partial charge in [0.1, 0.15) is 5.76 Å². The molecular formula is C35H27F3N4O5. The number of aromatic amines is 1. The summed E-state index contributed by atoms with van der Waals surface area (Å²) in [6.45, 7) is 1.63. The maximum atomic E-state index is 13.3. The van der Waals surface area contributed by atoms with Gasteiger partial charge in [-0.3, -0.25) is 9.59 Å². The molecule has 238 valence electrons. The topological polar surface area (TPSA) is 129 Å². The molecule has 0 aliphatic heterocycles. The molecule has 1 atom stereocenters. The van der Waals surface area contributed by atoms with Crippen molar-refractivity contribution >= 4 is 23.3 Å². The predicted molar refractivity (Wildman–Crippen MR) is 166 cm³/mol. The Kier molecular flexibility index (Phi) is 8.35. The highest BCUT2D eigenvalue weighted by Crippen LogP contribution is 2.37. The monoisotopic (exact) mass is 640 g/mol. The molecule has 3 N–H and O–H groups in total. The van der Waals surface area contributed by atoms with Crippen LogP contribution in [0.2, 0.25) is 0 Å². The number of esters is 1. The number of rotatable bonds is 9. The average molecular weight is 641 g/mol. The van der Waals surface area contributed by atoms with E-state index in [-0.39, 0.29) is 29.4 Å². The normalized spacial score (nSPS) is 13.6. The fourth-order valence-electron chi connectivity index (χ4n) is 5.33. The highest BCUT2D eigenvalue weighted by atomic mass is 19.4. The highest BCUT2D eigenvalue weighted by molar-refractivity contribution is 6.50. The second-order valence-electron chi connectivity index (χ2n) is 10.7. The van der Waals surface area contributed by atoms with Crippen molar-refractivity contribution in [3.05, 3.63) is 119 Å². The Hall–Kier alpha value is -5.75. The van der Waals surface area contributed by atoms with Gasteiger partial charge in [0, 0.05) is 23.4 Å². The van der Waals surface area contributed by atoms with E-state index >= 15 is 0 Å². The highest BCUT2D eigenvalue weighted by Gasteiger charge is 2.35. The molecule has 2 aromatic heterocycles. The van der Waals surface area contributed by atoms with Crippen molar-refractivity contribution in [1.82, 2.24) is 14.8 Å². The number of fused-ring (bicyclic) bond motifs is 1. The number of hydrogen-bond donors (Lipinski definition) is 2. The third-order valence-corrected chi connectivity index (χ3v) is 7.56. The standard InChI is InChI=1S/C35H27F3N4O5/c1-20(46-28-19-27(43)33(44)30-25(16-17-39)31(40-32(28)30)22-8-4-2-5-9-22)34(45)47-29-18-26(42(41-29)24-10-6-3-7-11-24)21-12-14-23(15-13-21)35(36,37)38/h2-15,18-20,40H,16-17,39H2,1H3. The fraction of sp³-hybridized carbons (Fsp3) is 0.143. The molecule has 12 heteroatoms. The minimum Gasteiger partial charge on any atom is -0.477 e. The number of hydrogen-bond acceptors (Lipinski definition) is 7. The first-order valence-corrected chi connectivity index (χ1v) is 14.6. The first kappa shape index (κ1) is 31.2. The number of ketones is 2. The van der Waals surface area contributed by atoms with Gasteiger partial charge in [0.05, 0.1) is 28.2 Å². The van der Waals surface area contributed by atoms with Gasteiger partial charge in [-0.1, -0.05) is 60.7 Å². The number of benzene rings is 3. The lowest BCUT2D eigenvalue weighted by molar-refractivity contribution is -0.143. The Morgan fingerprint density at radius 2 is 1.60 bits per heavy atom. The number of allylic oxidation sites excluding steroid dienone is 1. The number of ether oxygens (including phenoxy) is 2. The molecule has 0 spiro atoms. The molecule has 0 amide bonds. The molecule has 47 heavy (non-hydrogen) atoms. The van der Waals surface area contributed by atoms with E-state index in [2.05, 4.69) is 10.1 Å². The SMILES string of the molecule is CC(OC1=CC(=O)C(=O)c2c1[nH]c(-c1ccccc1)c2CCN)C(=O)Oc1cc(-c2ccc(C(F)(F)F)cc2)n(-c2ccccc2)n1. The maximum Gasteiger partial charge on any atom is 0.416 e. The zero-order valence-corrected chi connectivity index (χ0v) is 24.9. The Morgan fingerprint density at radius 3 is 2.23 bits per heavy atom. The van der Waals surface area contributed by atoms with Gasteiger partial charge in [-0.15, -0.1) is 5.10 Å². The summed E-state index contributed by atoms with van der Waals surface area (Å²) in [4.78, 5) is 42.2. The number of Topliss-reactive ketones (excluding diaryl/α,β-unsaturated/α-hetero) is 1. The van der Waals surface area contributed by atoms with Crippen molar-refractivity contribution in [2.75, 3.05) is 6.54 Å². The molecule has 6 rings (SSSR count). The number of carbonyl (C=O) groups excluding carboxylic acids is 3. The number of aromatic nitrogens is 3. The Balaban J connectivity index is 1.28. The van der Waals surface area contributed by atoms with Gasteiger partial charge in [0.2, 0.25) is 17.4 Å². The van der Waals surface area contributed by atoms with Crippen LogP contribution < -0.4 is 10.5 Å². The van der Waals surface area contributed by atoms with E-state index in [0.717, 1.165) is 23.8 Å². The molecule has 3 aromatic carbocycles. The van der Waals surface area contributed by atoms with E-state index in [1.807, 2.05) is 30.3 Å². The summed E-state index contributed by atoms with van der Waals surface area (Å²) in [5.74, 6) is -2.55. The Morgan fingerprint density at radius 1 is 0.936 bits per heavy atom. The van der Waals surface area contributed by atoms with E-state index < -0.39 is 35.4 Å². The second kappa shape index (κ2) is 12.6. The van der Waals surface area contributed by atoms with Crippen LogP contribution in [0.25, 0.3) is 34.0 Å². The van der Waals surface area contributed by atoms with Crippen LogP contribution in [-0.2, 0) is 26.9 Å². The van der Waals surface area contributed by atoms with Crippen molar-refractivity contribution in [2.45, 2.75) is 25.6 Å². The average Bonchev–Trinajstić information content (AvgIpc) is 3.66.